The van der Waals surface area contributed by atoms with Crippen molar-refractivity contribution in [3.8, 4) is 11.5 Å². The lowest BCUT2D eigenvalue weighted by Crippen LogP contribution is -2.16. The van der Waals surface area contributed by atoms with E-state index in [1.165, 1.54) is 5.56 Å². The maximum atomic E-state index is 7.73. The van der Waals surface area contributed by atoms with E-state index in [0.29, 0.717) is 18.0 Å². The zero-order valence-corrected chi connectivity index (χ0v) is 22.1. The van der Waals surface area contributed by atoms with E-state index in [-0.39, 0.29) is 6.10 Å². The van der Waals surface area contributed by atoms with Crippen molar-refractivity contribution >= 4 is 32.9 Å². The van der Waals surface area contributed by atoms with Gasteiger partial charge in [-0.15, -0.1) is 0 Å². The van der Waals surface area contributed by atoms with Crippen molar-refractivity contribution in [3.05, 3.63) is 77.1 Å². The fraction of sp³-hybridized carbons (Fsp3) is 0.345. The number of rotatable bonds is 12. The van der Waals surface area contributed by atoms with Crippen molar-refractivity contribution in [2.24, 2.45) is 10.1 Å². The molecule has 0 atom stereocenters. The molecule has 3 aromatic carbocycles. The van der Waals surface area contributed by atoms with Gasteiger partial charge in [-0.25, -0.2) is 10.5 Å². The first kappa shape index (κ1) is 25.6. The summed E-state index contributed by atoms with van der Waals surface area (Å²) in [5.74, 6) is 1.51. The van der Waals surface area contributed by atoms with Gasteiger partial charge in [0.1, 0.15) is 17.2 Å². The van der Waals surface area contributed by atoms with Crippen LogP contribution in [0, 0.1) is 5.53 Å². The van der Waals surface area contributed by atoms with E-state index in [0.717, 1.165) is 58.7 Å². The van der Waals surface area contributed by atoms with Gasteiger partial charge in [-0.05, 0) is 55.2 Å². The third-order valence-corrected chi connectivity index (χ3v) is 7.14. The standard InChI is InChI=1S/C29H34N4O2S/c1-4-7-17-34-24-15-13-22(14-16-24)31-29-33(20-21-11-9-8-10-12-21)26-19-27(35-23(5-2)6-3)25(32-30)18-28(26)36-29/h8-16,18-19,23,30H,4-7,17,20H2,1-3H3. The van der Waals surface area contributed by atoms with E-state index < -0.39 is 0 Å². The van der Waals surface area contributed by atoms with Crippen molar-refractivity contribution in [1.82, 2.24) is 4.57 Å². The molecular formula is C29H34N4O2S. The first-order valence-corrected chi connectivity index (χ1v) is 13.5. The Kier molecular flexibility index (Phi) is 8.90. The van der Waals surface area contributed by atoms with E-state index in [4.69, 9.17) is 20.0 Å². The van der Waals surface area contributed by atoms with Gasteiger partial charge in [0.2, 0.25) is 0 Å². The molecule has 0 aliphatic carbocycles. The molecule has 0 amide bonds. The molecule has 0 radical (unpaired) electrons. The summed E-state index contributed by atoms with van der Waals surface area (Å²) < 4.78 is 15.3. The van der Waals surface area contributed by atoms with E-state index >= 15 is 0 Å². The molecule has 0 saturated carbocycles. The molecule has 188 valence electrons. The van der Waals surface area contributed by atoms with Crippen LogP contribution in [0.25, 0.3) is 10.2 Å². The molecule has 6 nitrogen and oxygen atoms in total. The molecule has 4 rings (SSSR count). The molecule has 7 heteroatoms. The number of nitrogens with one attached hydrogen (secondary N) is 1. The zero-order valence-electron chi connectivity index (χ0n) is 21.2. The highest BCUT2D eigenvalue weighted by atomic mass is 32.1. The van der Waals surface area contributed by atoms with Gasteiger partial charge in [-0.2, -0.15) is 5.11 Å². The fourth-order valence-corrected chi connectivity index (χ4v) is 5.03. The molecule has 0 bridgehead atoms. The largest absolute Gasteiger partial charge is 0.494 e. The third-order valence-electron chi connectivity index (χ3n) is 6.10. The van der Waals surface area contributed by atoms with Crippen molar-refractivity contribution < 1.29 is 9.47 Å². The number of ether oxygens (including phenoxy) is 2. The number of nitrogens with zero attached hydrogens (tertiary/aromatic N) is 3. The quantitative estimate of drug-likeness (QED) is 0.156. The monoisotopic (exact) mass is 502 g/mol. The number of hydrogen-bond acceptors (Lipinski definition) is 6. The second-order valence-corrected chi connectivity index (χ2v) is 9.73. The van der Waals surface area contributed by atoms with Gasteiger partial charge >= 0.3 is 0 Å². The number of hydrogen-bond donors (Lipinski definition) is 1. The van der Waals surface area contributed by atoms with Crippen LogP contribution in [0.15, 0.2) is 76.8 Å². The van der Waals surface area contributed by atoms with E-state index in [1.54, 1.807) is 11.3 Å². The summed E-state index contributed by atoms with van der Waals surface area (Å²) in [5.41, 5.74) is 11.3. The van der Waals surface area contributed by atoms with Gasteiger partial charge in [0, 0.05) is 6.07 Å². The van der Waals surface area contributed by atoms with Crippen LogP contribution >= 0.6 is 11.3 Å². The molecule has 0 aliphatic heterocycles. The van der Waals surface area contributed by atoms with Crippen LogP contribution in [0.2, 0.25) is 0 Å². The van der Waals surface area contributed by atoms with Crippen LogP contribution in [-0.4, -0.2) is 17.3 Å². The van der Waals surface area contributed by atoms with Crippen LogP contribution < -0.4 is 14.3 Å². The second-order valence-electron chi connectivity index (χ2n) is 8.72. The van der Waals surface area contributed by atoms with Gasteiger partial charge in [-0.1, -0.05) is 68.9 Å². The Hall–Kier alpha value is -3.45. The van der Waals surface area contributed by atoms with E-state index in [1.807, 2.05) is 42.5 Å². The minimum Gasteiger partial charge on any atom is -0.494 e. The van der Waals surface area contributed by atoms with E-state index in [2.05, 4.69) is 54.7 Å². The number of fused-ring (bicyclic) bond motifs is 1. The van der Waals surface area contributed by atoms with Gasteiger partial charge in [0.15, 0.2) is 4.80 Å². The van der Waals surface area contributed by atoms with Crippen molar-refractivity contribution in [3.63, 3.8) is 0 Å². The molecule has 1 heterocycles. The highest BCUT2D eigenvalue weighted by Gasteiger charge is 2.15. The molecular weight excluding hydrogens is 468 g/mol. The lowest BCUT2D eigenvalue weighted by molar-refractivity contribution is 0.194. The van der Waals surface area contributed by atoms with E-state index in [9.17, 15) is 0 Å². The SMILES string of the molecule is CCCCOc1ccc(N=c2sc3cc(N=N)c(OC(CC)CC)cc3n2Cc2ccccc2)cc1. The third kappa shape index (κ3) is 6.21. The van der Waals surface area contributed by atoms with Crippen molar-refractivity contribution in [1.29, 1.82) is 5.53 Å². The first-order valence-electron chi connectivity index (χ1n) is 12.7. The van der Waals surface area contributed by atoms with Crippen molar-refractivity contribution in [2.75, 3.05) is 6.61 Å². The zero-order chi connectivity index (χ0) is 25.3. The molecule has 36 heavy (non-hydrogen) atoms. The molecule has 0 aliphatic rings. The predicted molar refractivity (Wildman–Crippen MR) is 147 cm³/mol. The van der Waals surface area contributed by atoms with Gasteiger partial charge in [-0.3, -0.25) is 0 Å². The summed E-state index contributed by atoms with van der Waals surface area (Å²) in [6.07, 6.45) is 4.05. The molecule has 4 aromatic rings. The minimum absolute atomic E-state index is 0.0892. The number of unbranched alkanes of at least 4 members (excludes halogenated alkanes) is 1. The first-order chi connectivity index (χ1) is 17.6. The molecule has 1 aromatic heterocycles. The summed E-state index contributed by atoms with van der Waals surface area (Å²) in [5, 5.41) is 3.77. The lowest BCUT2D eigenvalue weighted by Gasteiger charge is -2.17. The fourth-order valence-electron chi connectivity index (χ4n) is 3.97. The van der Waals surface area contributed by atoms with Gasteiger partial charge in [0.05, 0.1) is 35.2 Å². The summed E-state index contributed by atoms with van der Waals surface area (Å²) in [4.78, 5) is 5.88. The Balaban J connectivity index is 1.79. The van der Waals surface area contributed by atoms with Crippen LogP contribution in [0.4, 0.5) is 11.4 Å². The molecule has 0 saturated heterocycles. The highest BCUT2D eigenvalue weighted by molar-refractivity contribution is 7.16. The summed E-state index contributed by atoms with van der Waals surface area (Å²) in [6, 6.07) is 22.3. The highest BCUT2D eigenvalue weighted by Crippen LogP contribution is 2.35. The Morgan fingerprint density at radius 2 is 1.72 bits per heavy atom. The Labute approximate surface area is 216 Å². The van der Waals surface area contributed by atoms with Gasteiger partial charge < -0.3 is 14.0 Å². The Morgan fingerprint density at radius 1 is 0.972 bits per heavy atom. The number of aromatic nitrogens is 1. The predicted octanol–water partition coefficient (Wildman–Crippen LogP) is 8.39. The molecule has 0 spiro atoms. The molecule has 0 unspecified atom stereocenters. The summed E-state index contributed by atoms with van der Waals surface area (Å²) in [7, 11) is 0. The summed E-state index contributed by atoms with van der Waals surface area (Å²) >= 11 is 1.59. The Morgan fingerprint density at radius 3 is 2.39 bits per heavy atom. The van der Waals surface area contributed by atoms with Crippen LogP contribution in [0.1, 0.15) is 52.0 Å². The van der Waals surface area contributed by atoms with Crippen LogP contribution in [0.3, 0.4) is 0 Å². The average molecular weight is 503 g/mol. The number of thiazole rings is 1. The average Bonchev–Trinajstić information content (AvgIpc) is 3.23. The lowest BCUT2D eigenvalue weighted by atomic mass is 10.2. The maximum absolute atomic E-state index is 7.73. The van der Waals surface area contributed by atoms with Crippen LogP contribution in [0.5, 0.6) is 11.5 Å². The summed E-state index contributed by atoms with van der Waals surface area (Å²) in [6.45, 7) is 7.79. The second kappa shape index (κ2) is 12.5. The minimum atomic E-state index is 0.0892. The normalized spacial score (nSPS) is 11.8. The molecule has 0 fully saturated rings. The van der Waals surface area contributed by atoms with Crippen LogP contribution in [-0.2, 0) is 6.54 Å². The smallest absolute Gasteiger partial charge is 0.191 e. The van der Waals surface area contributed by atoms with Crippen molar-refractivity contribution in [2.45, 2.75) is 59.1 Å². The molecule has 1 N–H and O–H groups in total. The Bertz CT molecular complexity index is 1340. The van der Waals surface area contributed by atoms with Gasteiger partial charge in [0.25, 0.3) is 0 Å². The number of benzene rings is 3. The topological polar surface area (TPSA) is 72.0 Å². The maximum Gasteiger partial charge on any atom is 0.191 e.